The van der Waals surface area contributed by atoms with Crippen molar-refractivity contribution in [2.45, 2.75) is 31.0 Å². The van der Waals surface area contributed by atoms with E-state index in [2.05, 4.69) is 0 Å². The SMILES string of the molecule is COC1CC(=O)CCC1(O)C#N. The molecule has 1 fully saturated rings. The van der Waals surface area contributed by atoms with E-state index in [0.717, 1.165) is 0 Å². The Hall–Kier alpha value is -0.920. The van der Waals surface area contributed by atoms with Crippen LogP contribution >= 0.6 is 0 Å². The molecule has 1 N–H and O–H groups in total. The van der Waals surface area contributed by atoms with Gasteiger partial charge in [0.1, 0.15) is 18.0 Å². The molecular formula is C8H11NO3. The van der Waals surface area contributed by atoms with E-state index in [0.29, 0.717) is 0 Å². The van der Waals surface area contributed by atoms with Crippen molar-refractivity contribution in [2.24, 2.45) is 0 Å². The quantitative estimate of drug-likeness (QED) is 0.561. The zero-order chi connectivity index (χ0) is 9.19. The topological polar surface area (TPSA) is 70.3 Å². The van der Waals surface area contributed by atoms with E-state index in [4.69, 9.17) is 10.00 Å². The summed E-state index contributed by atoms with van der Waals surface area (Å²) in [6, 6.07) is 1.78. The van der Waals surface area contributed by atoms with Crippen LogP contribution in [0.2, 0.25) is 0 Å². The molecule has 0 spiro atoms. The number of carbonyl (C=O) groups excluding carboxylic acids is 1. The lowest BCUT2D eigenvalue weighted by molar-refractivity contribution is -0.136. The van der Waals surface area contributed by atoms with E-state index in [9.17, 15) is 9.90 Å². The molecule has 4 heteroatoms. The number of Topliss-reactive ketones (excluding diaryl/α,β-unsaturated/α-hetero) is 1. The van der Waals surface area contributed by atoms with Gasteiger partial charge >= 0.3 is 0 Å². The minimum atomic E-state index is -1.47. The molecule has 12 heavy (non-hydrogen) atoms. The van der Waals surface area contributed by atoms with Gasteiger partial charge in [-0.05, 0) is 6.42 Å². The van der Waals surface area contributed by atoms with E-state index in [1.54, 1.807) is 6.07 Å². The monoisotopic (exact) mass is 169 g/mol. The number of carbonyl (C=O) groups is 1. The van der Waals surface area contributed by atoms with E-state index in [1.807, 2.05) is 0 Å². The Morgan fingerprint density at radius 3 is 3.00 bits per heavy atom. The molecule has 1 saturated carbocycles. The molecule has 0 aromatic rings. The van der Waals surface area contributed by atoms with Crippen molar-refractivity contribution in [3.63, 3.8) is 0 Å². The van der Waals surface area contributed by atoms with Gasteiger partial charge in [0.2, 0.25) is 0 Å². The zero-order valence-corrected chi connectivity index (χ0v) is 6.91. The molecule has 0 bridgehead atoms. The normalized spacial score (nSPS) is 36.1. The van der Waals surface area contributed by atoms with Crippen LogP contribution in [0, 0.1) is 11.3 Å². The molecule has 0 aliphatic heterocycles. The van der Waals surface area contributed by atoms with Crippen LogP contribution in [0.1, 0.15) is 19.3 Å². The average molecular weight is 169 g/mol. The van der Waals surface area contributed by atoms with Crippen LogP contribution in [-0.2, 0) is 9.53 Å². The summed E-state index contributed by atoms with van der Waals surface area (Å²) in [5.74, 6) is 0.0433. The number of rotatable bonds is 1. The maximum atomic E-state index is 10.9. The Labute approximate surface area is 70.7 Å². The standard InChI is InChI=1S/C8H11NO3/c1-12-7-4-6(10)2-3-8(7,11)5-9/h7,11H,2-4H2,1H3. The second-order valence-corrected chi connectivity index (χ2v) is 3.00. The highest BCUT2D eigenvalue weighted by Crippen LogP contribution is 2.27. The highest BCUT2D eigenvalue weighted by atomic mass is 16.5. The summed E-state index contributed by atoms with van der Waals surface area (Å²) >= 11 is 0. The Morgan fingerprint density at radius 2 is 2.50 bits per heavy atom. The Kier molecular flexibility index (Phi) is 2.46. The fraction of sp³-hybridized carbons (Fsp3) is 0.750. The van der Waals surface area contributed by atoms with Gasteiger partial charge in [0.15, 0.2) is 5.60 Å². The van der Waals surface area contributed by atoms with E-state index >= 15 is 0 Å². The van der Waals surface area contributed by atoms with Crippen LogP contribution in [0.25, 0.3) is 0 Å². The predicted octanol–water partition coefficient (Wildman–Crippen LogP) is 0.00908. The van der Waals surface area contributed by atoms with E-state index in [-0.39, 0.29) is 25.0 Å². The van der Waals surface area contributed by atoms with Crippen molar-refractivity contribution < 1.29 is 14.6 Å². The van der Waals surface area contributed by atoms with Crippen molar-refractivity contribution in [1.82, 2.24) is 0 Å². The van der Waals surface area contributed by atoms with E-state index in [1.165, 1.54) is 7.11 Å². The smallest absolute Gasteiger partial charge is 0.178 e. The molecule has 1 aliphatic carbocycles. The number of nitrogens with zero attached hydrogens (tertiary/aromatic N) is 1. The van der Waals surface area contributed by atoms with Gasteiger partial charge in [0, 0.05) is 20.0 Å². The number of ketones is 1. The van der Waals surface area contributed by atoms with Gasteiger partial charge in [-0.1, -0.05) is 0 Å². The molecule has 0 aromatic heterocycles. The van der Waals surface area contributed by atoms with Crippen LogP contribution in [-0.4, -0.2) is 29.7 Å². The second kappa shape index (κ2) is 3.21. The van der Waals surface area contributed by atoms with E-state index < -0.39 is 11.7 Å². The molecule has 4 nitrogen and oxygen atoms in total. The summed E-state index contributed by atoms with van der Waals surface area (Å²) in [5.41, 5.74) is -1.47. The van der Waals surface area contributed by atoms with Gasteiger partial charge in [-0.3, -0.25) is 4.79 Å². The molecule has 1 aliphatic rings. The second-order valence-electron chi connectivity index (χ2n) is 3.00. The fourth-order valence-electron chi connectivity index (χ4n) is 1.37. The van der Waals surface area contributed by atoms with Crippen LogP contribution in [0.5, 0.6) is 0 Å². The van der Waals surface area contributed by atoms with Gasteiger partial charge in [-0.25, -0.2) is 0 Å². The molecule has 0 saturated heterocycles. The molecule has 0 aromatic carbocycles. The van der Waals surface area contributed by atoms with Gasteiger partial charge in [0.25, 0.3) is 0 Å². The lowest BCUT2D eigenvalue weighted by Gasteiger charge is -2.32. The molecule has 2 unspecified atom stereocenters. The lowest BCUT2D eigenvalue weighted by atomic mass is 9.82. The Bertz CT molecular complexity index is 233. The molecule has 66 valence electrons. The predicted molar refractivity (Wildman–Crippen MR) is 40.2 cm³/mol. The molecule has 0 radical (unpaired) electrons. The van der Waals surface area contributed by atoms with Crippen molar-refractivity contribution in [3.8, 4) is 6.07 Å². The minimum Gasteiger partial charge on any atom is -0.377 e. The van der Waals surface area contributed by atoms with Crippen molar-refractivity contribution in [1.29, 1.82) is 5.26 Å². The number of aliphatic hydroxyl groups is 1. The summed E-state index contributed by atoms with van der Waals surface area (Å²) in [5, 5.41) is 18.3. The number of hydrogen-bond donors (Lipinski definition) is 1. The summed E-state index contributed by atoms with van der Waals surface area (Å²) in [4.78, 5) is 10.9. The molecular weight excluding hydrogens is 158 g/mol. The van der Waals surface area contributed by atoms with Gasteiger partial charge in [0.05, 0.1) is 0 Å². The Morgan fingerprint density at radius 1 is 1.83 bits per heavy atom. The van der Waals surface area contributed by atoms with Crippen LogP contribution in [0.15, 0.2) is 0 Å². The summed E-state index contributed by atoms with van der Waals surface area (Å²) in [6.07, 6.45) is -0.0746. The Balaban J connectivity index is 2.77. The van der Waals surface area contributed by atoms with Crippen LogP contribution < -0.4 is 0 Å². The molecule has 1 rings (SSSR count). The first-order valence-electron chi connectivity index (χ1n) is 3.80. The summed E-state index contributed by atoms with van der Waals surface area (Å²) < 4.78 is 4.87. The first-order valence-corrected chi connectivity index (χ1v) is 3.80. The number of ether oxygens (including phenoxy) is 1. The first kappa shape index (κ1) is 9.17. The number of methoxy groups -OCH3 is 1. The fourth-order valence-corrected chi connectivity index (χ4v) is 1.37. The summed E-state index contributed by atoms with van der Waals surface area (Å²) in [7, 11) is 1.39. The van der Waals surface area contributed by atoms with Gasteiger partial charge < -0.3 is 9.84 Å². The molecule has 0 heterocycles. The maximum absolute atomic E-state index is 10.9. The van der Waals surface area contributed by atoms with Gasteiger partial charge in [-0.15, -0.1) is 0 Å². The van der Waals surface area contributed by atoms with Crippen LogP contribution in [0.4, 0.5) is 0 Å². The zero-order valence-electron chi connectivity index (χ0n) is 6.91. The number of nitriles is 1. The third-order valence-electron chi connectivity index (χ3n) is 2.21. The number of hydrogen-bond acceptors (Lipinski definition) is 4. The lowest BCUT2D eigenvalue weighted by Crippen LogP contribution is -2.47. The largest absolute Gasteiger partial charge is 0.377 e. The summed E-state index contributed by atoms with van der Waals surface area (Å²) in [6.45, 7) is 0. The van der Waals surface area contributed by atoms with Crippen molar-refractivity contribution in [3.05, 3.63) is 0 Å². The van der Waals surface area contributed by atoms with Gasteiger partial charge in [-0.2, -0.15) is 5.26 Å². The first-order chi connectivity index (χ1) is 5.62. The molecule has 2 atom stereocenters. The third-order valence-corrected chi connectivity index (χ3v) is 2.21. The minimum absolute atomic E-state index is 0.0433. The molecule has 0 amide bonds. The van der Waals surface area contributed by atoms with Crippen molar-refractivity contribution >= 4 is 5.78 Å². The maximum Gasteiger partial charge on any atom is 0.178 e. The highest BCUT2D eigenvalue weighted by molar-refractivity contribution is 5.80. The average Bonchev–Trinajstić information content (AvgIpc) is 2.09. The van der Waals surface area contributed by atoms with Crippen molar-refractivity contribution in [2.75, 3.05) is 7.11 Å². The highest BCUT2D eigenvalue weighted by Gasteiger charge is 2.42. The van der Waals surface area contributed by atoms with Crippen LogP contribution in [0.3, 0.4) is 0 Å². The third kappa shape index (κ3) is 1.47.